The van der Waals surface area contributed by atoms with Gasteiger partial charge in [0.05, 0.1) is 40.9 Å². The van der Waals surface area contributed by atoms with Crippen LogP contribution in [0.15, 0.2) is 114 Å². The van der Waals surface area contributed by atoms with Crippen LogP contribution < -0.4 is 10.3 Å². The molecule has 0 unspecified atom stereocenters. The van der Waals surface area contributed by atoms with E-state index in [1.807, 2.05) is 109 Å². The van der Waals surface area contributed by atoms with Gasteiger partial charge in [-0.3, -0.25) is 14.3 Å². The number of methoxy groups -OCH3 is 1. The molecule has 0 N–H and O–H groups in total. The highest BCUT2D eigenvalue weighted by Gasteiger charge is 2.12. The van der Waals surface area contributed by atoms with E-state index in [0.717, 1.165) is 39.2 Å². The van der Waals surface area contributed by atoms with Crippen LogP contribution in [0.1, 0.15) is 5.56 Å². The number of aromatic nitrogens is 4. The molecule has 2 heterocycles. The first kappa shape index (κ1) is 23.3. The second kappa shape index (κ2) is 10.1. The van der Waals surface area contributed by atoms with Gasteiger partial charge in [-0.1, -0.05) is 60.7 Å². The molecule has 0 atom stereocenters. The third-order valence-corrected chi connectivity index (χ3v) is 6.46. The largest absolute Gasteiger partial charge is 0.497 e. The Morgan fingerprint density at radius 3 is 2.21 bits per heavy atom. The number of hydrogen-bond donors (Lipinski definition) is 0. The predicted molar refractivity (Wildman–Crippen MR) is 152 cm³/mol. The summed E-state index contributed by atoms with van der Waals surface area (Å²) in [7, 11) is 1.63. The number of ether oxygens (including phenoxy) is 1. The molecule has 0 radical (unpaired) electrons. The number of fused-ring (bicyclic) bond motifs is 2. The molecule has 0 aliphatic carbocycles. The van der Waals surface area contributed by atoms with E-state index < -0.39 is 0 Å². The maximum absolute atomic E-state index is 13.4. The van der Waals surface area contributed by atoms with Crippen molar-refractivity contribution in [1.82, 2.24) is 19.5 Å². The van der Waals surface area contributed by atoms with Crippen molar-refractivity contribution >= 4 is 28.0 Å². The smallest absolute Gasteiger partial charge is 0.261 e. The first-order chi connectivity index (χ1) is 18.7. The Bertz CT molecular complexity index is 1840. The van der Waals surface area contributed by atoms with Crippen LogP contribution >= 0.6 is 0 Å². The molecule has 6 aromatic rings. The minimum atomic E-state index is -0.0729. The Balaban J connectivity index is 1.29. The lowest BCUT2D eigenvalue weighted by atomic mass is 10.1. The van der Waals surface area contributed by atoms with E-state index in [1.165, 1.54) is 0 Å². The molecule has 38 heavy (non-hydrogen) atoms. The van der Waals surface area contributed by atoms with Crippen molar-refractivity contribution in [3.05, 3.63) is 125 Å². The van der Waals surface area contributed by atoms with E-state index >= 15 is 0 Å². The molecular formula is C32H24N4O2. The standard InChI is InChI=1S/C32H24N4O2/c1-38-25-18-16-24(17-19-25)31-35-27-9-3-2-8-26(27)32(37)36(31)20-6-7-22-12-14-23(15-13-22)30-21-33-28-10-4-5-11-29(28)34-30/h2-19,21H,20H2,1H3/b7-6+. The zero-order valence-electron chi connectivity index (χ0n) is 20.8. The second-order valence-electron chi connectivity index (χ2n) is 8.87. The lowest BCUT2D eigenvalue weighted by Gasteiger charge is -2.12. The Morgan fingerprint density at radius 1 is 0.763 bits per heavy atom. The Morgan fingerprint density at radius 2 is 1.45 bits per heavy atom. The average molecular weight is 497 g/mol. The molecule has 0 fully saturated rings. The summed E-state index contributed by atoms with van der Waals surface area (Å²) in [4.78, 5) is 27.5. The molecule has 6 heteroatoms. The van der Waals surface area contributed by atoms with Crippen LogP contribution in [0.5, 0.6) is 5.75 Å². The first-order valence-electron chi connectivity index (χ1n) is 12.3. The Hall–Kier alpha value is -5.10. The summed E-state index contributed by atoms with van der Waals surface area (Å²) in [6.07, 6.45) is 5.79. The molecular weight excluding hydrogens is 472 g/mol. The van der Waals surface area contributed by atoms with E-state index in [4.69, 9.17) is 14.7 Å². The minimum absolute atomic E-state index is 0.0729. The van der Waals surface area contributed by atoms with Crippen molar-refractivity contribution < 1.29 is 4.74 Å². The Kier molecular flexibility index (Phi) is 6.20. The van der Waals surface area contributed by atoms with Crippen LogP contribution in [0.3, 0.4) is 0 Å². The van der Waals surface area contributed by atoms with Gasteiger partial charge in [-0.15, -0.1) is 0 Å². The van der Waals surface area contributed by atoms with Crippen LogP contribution in [0.2, 0.25) is 0 Å². The highest BCUT2D eigenvalue weighted by molar-refractivity contribution is 5.80. The fourth-order valence-corrected chi connectivity index (χ4v) is 4.45. The maximum atomic E-state index is 13.4. The van der Waals surface area contributed by atoms with Gasteiger partial charge in [-0.2, -0.15) is 0 Å². The molecule has 0 bridgehead atoms. The van der Waals surface area contributed by atoms with Crippen LogP contribution in [0, 0.1) is 0 Å². The molecule has 0 aliphatic rings. The molecule has 6 rings (SSSR count). The molecule has 0 spiro atoms. The number of nitrogens with zero attached hydrogens (tertiary/aromatic N) is 4. The molecule has 0 aliphatic heterocycles. The number of allylic oxidation sites excluding steroid dienone is 1. The maximum Gasteiger partial charge on any atom is 0.261 e. The topological polar surface area (TPSA) is 69.9 Å². The monoisotopic (exact) mass is 496 g/mol. The molecule has 6 nitrogen and oxygen atoms in total. The van der Waals surface area contributed by atoms with Crippen LogP contribution in [-0.2, 0) is 6.54 Å². The summed E-state index contributed by atoms with van der Waals surface area (Å²) in [5.74, 6) is 1.37. The van der Waals surface area contributed by atoms with Gasteiger partial charge in [-0.25, -0.2) is 9.97 Å². The van der Waals surface area contributed by atoms with Crippen molar-refractivity contribution in [3.63, 3.8) is 0 Å². The summed E-state index contributed by atoms with van der Waals surface area (Å²) in [5, 5.41) is 0.596. The highest BCUT2D eigenvalue weighted by Crippen LogP contribution is 2.23. The third-order valence-electron chi connectivity index (χ3n) is 6.46. The number of rotatable bonds is 6. The van der Waals surface area contributed by atoms with Crippen molar-refractivity contribution in [2.45, 2.75) is 6.54 Å². The van der Waals surface area contributed by atoms with Crippen molar-refractivity contribution in [2.75, 3.05) is 7.11 Å². The molecule has 0 saturated carbocycles. The first-order valence-corrected chi connectivity index (χ1v) is 12.3. The van der Waals surface area contributed by atoms with Gasteiger partial charge in [0, 0.05) is 17.7 Å². The third kappa shape index (κ3) is 4.55. The zero-order valence-corrected chi connectivity index (χ0v) is 20.8. The molecule has 4 aromatic carbocycles. The van der Waals surface area contributed by atoms with E-state index in [9.17, 15) is 4.79 Å². The molecule has 2 aromatic heterocycles. The summed E-state index contributed by atoms with van der Waals surface area (Å²) in [6.45, 7) is 0.385. The minimum Gasteiger partial charge on any atom is -0.497 e. The van der Waals surface area contributed by atoms with Crippen LogP contribution in [0.4, 0.5) is 0 Å². The average Bonchev–Trinajstić information content (AvgIpc) is 2.98. The van der Waals surface area contributed by atoms with Crippen LogP contribution in [-0.4, -0.2) is 26.6 Å². The lowest BCUT2D eigenvalue weighted by molar-refractivity contribution is 0.415. The normalized spacial score (nSPS) is 11.4. The quantitative estimate of drug-likeness (QED) is 0.267. The van der Waals surface area contributed by atoms with Gasteiger partial charge in [0.15, 0.2) is 0 Å². The molecule has 184 valence electrons. The van der Waals surface area contributed by atoms with E-state index in [2.05, 4.69) is 4.98 Å². The Labute approximate surface area is 219 Å². The van der Waals surface area contributed by atoms with Gasteiger partial charge in [0.25, 0.3) is 5.56 Å². The fourth-order valence-electron chi connectivity index (χ4n) is 4.45. The van der Waals surface area contributed by atoms with Crippen molar-refractivity contribution in [1.29, 1.82) is 0 Å². The summed E-state index contributed by atoms with van der Waals surface area (Å²) < 4.78 is 7.00. The fraction of sp³-hybridized carbons (Fsp3) is 0.0625. The van der Waals surface area contributed by atoms with E-state index in [1.54, 1.807) is 17.9 Å². The molecule has 0 saturated heterocycles. The summed E-state index contributed by atoms with van der Waals surface area (Å²) in [6, 6.07) is 31.0. The number of benzene rings is 4. The van der Waals surface area contributed by atoms with E-state index in [-0.39, 0.29) is 5.56 Å². The zero-order chi connectivity index (χ0) is 25.9. The second-order valence-corrected chi connectivity index (χ2v) is 8.87. The SMILES string of the molecule is COc1ccc(-c2nc3ccccc3c(=O)n2C/C=C/c2ccc(-c3cnc4ccccc4n3)cc2)cc1. The van der Waals surface area contributed by atoms with Crippen molar-refractivity contribution in [2.24, 2.45) is 0 Å². The van der Waals surface area contributed by atoms with Crippen molar-refractivity contribution in [3.8, 4) is 28.4 Å². The number of para-hydroxylation sites is 3. The van der Waals surface area contributed by atoms with Gasteiger partial charge in [-0.05, 0) is 54.1 Å². The lowest BCUT2D eigenvalue weighted by Crippen LogP contribution is -2.23. The van der Waals surface area contributed by atoms with Crippen LogP contribution in [0.25, 0.3) is 50.7 Å². The number of hydrogen-bond acceptors (Lipinski definition) is 5. The highest BCUT2D eigenvalue weighted by atomic mass is 16.5. The van der Waals surface area contributed by atoms with Gasteiger partial charge >= 0.3 is 0 Å². The predicted octanol–water partition coefficient (Wildman–Crippen LogP) is 6.40. The van der Waals surface area contributed by atoms with E-state index in [0.29, 0.717) is 23.3 Å². The van der Waals surface area contributed by atoms with Gasteiger partial charge < -0.3 is 4.74 Å². The van der Waals surface area contributed by atoms with Gasteiger partial charge in [0.2, 0.25) is 0 Å². The summed E-state index contributed by atoms with van der Waals surface area (Å²) >= 11 is 0. The summed E-state index contributed by atoms with van der Waals surface area (Å²) in [5.41, 5.74) is 6.05. The molecule has 0 amide bonds. The van der Waals surface area contributed by atoms with Gasteiger partial charge in [0.1, 0.15) is 11.6 Å².